The van der Waals surface area contributed by atoms with Gasteiger partial charge in [-0.25, -0.2) is 9.59 Å². The van der Waals surface area contributed by atoms with Gasteiger partial charge in [0.1, 0.15) is 11.2 Å². The average Bonchev–Trinajstić information content (AvgIpc) is 3.47. The molecule has 0 bridgehead atoms. The lowest BCUT2D eigenvalue weighted by atomic mass is 10.2. The maximum Gasteiger partial charge on any atom is 0.350 e. The molecular weight excluding hydrogens is 378 g/mol. The Morgan fingerprint density at radius 1 is 1.25 bits per heavy atom. The Labute approximate surface area is 165 Å². The minimum atomic E-state index is -0.466. The van der Waals surface area contributed by atoms with Crippen LogP contribution in [0.4, 0.5) is 10.5 Å². The molecule has 28 heavy (non-hydrogen) atoms. The molecule has 4 rings (SSSR count). The first-order valence-electron chi connectivity index (χ1n) is 8.88. The fourth-order valence-corrected chi connectivity index (χ4v) is 4.15. The fraction of sp³-hybridized carbons (Fsp3) is 0.263. The Morgan fingerprint density at radius 3 is 2.86 bits per heavy atom. The molecule has 144 valence electrons. The van der Waals surface area contributed by atoms with Crippen molar-refractivity contribution in [2.24, 2.45) is 0 Å². The topological polar surface area (TPSA) is 89.3 Å². The van der Waals surface area contributed by atoms with Gasteiger partial charge in [0.15, 0.2) is 5.82 Å². The first-order chi connectivity index (χ1) is 13.7. The molecule has 1 atom stereocenters. The summed E-state index contributed by atoms with van der Waals surface area (Å²) in [7, 11) is 1.32. The second-order valence-corrected chi connectivity index (χ2v) is 7.25. The smallest absolute Gasteiger partial charge is 0.350 e. The van der Waals surface area contributed by atoms with E-state index >= 15 is 0 Å². The van der Waals surface area contributed by atoms with Crippen LogP contribution in [0, 0.1) is 0 Å². The molecule has 1 saturated heterocycles. The summed E-state index contributed by atoms with van der Waals surface area (Å²) in [5, 5.41) is 12.9. The standard InChI is InChI=1S/C19H19N5O3S/c1-27-18(25)16-14(9-11-28-16)21-19(26)23-10-5-8-15(23)17-22-20-12-24(17)13-6-3-2-4-7-13/h2-4,6-7,9,11-12,15H,5,8,10H2,1H3,(H,21,26). The van der Waals surface area contributed by atoms with Gasteiger partial charge in [0, 0.05) is 12.2 Å². The Morgan fingerprint density at radius 2 is 2.07 bits per heavy atom. The van der Waals surface area contributed by atoms with Crippen molar-refractivity contribution in [2.45, 2.75) is 18.9 Å². The highest BCUT2D eigenvalue weighted by molar-refractivity contribution is 7.12. The van der Waals surface area contributed by atoms with Gasteiger partial charge in [0.05, 0.1) is 18.8 Å². The molecule has 0 saturated carbocycles. The minimum Gasteiger partial charge on any atom is -0.465 e. The van der Waals surface area contributed by atoms with Crippen LogP contribution < -0.4 is 5.32 Å². The molecule has 1 unspecified atom stereocenters. The predicted octanol–water partition coefficient (Wildman–Crippen LogP) is 3.48. The van der Waals surface area contributed by atoms with Crippen LogP contribution in [-0.2, 0) is 4.74 Å². The highest BCUT2D eigenvalue weighted by Gasteiger charge is 2.34. The molecule has 1 aliphatic rings. The molecule has 2 amide bonds. The molecule has 1 aromatic carbocycles. The van der Waals surface area contributed by atoms with E-state index in [1.807, 2.05) is 34.9 Å². The van der Waals surface area contributed by atoms with E-state index in [0.29, 0.717) is 17.1 Å². The highest BCUT2D eigenvalue weighted by Crippen LogP contribution is 2.33. The van der Waals surface area contributed by atoms with E-state index in [0.717, 1.165) is 24.4 Å². The number of para-hydroxylation sites is 1. The maximum absolute atomic E-state index is 12.9. The number of esters is 1. The van der Waals surface area contributed by atoms with Crippen LogP contribution in [0.2, 0.25) is 0 Å². The number of urea groups is 1. The van der Waals surface area contributed by atoms with E-state index in [4.69, 9.17) is 4.74 Å². The van der Waals surface area contributed by atoms with Crippen molar-refractivity contribution < 1.29 is 14.3 Å². The number of nitrogens with one attached hydrogen (secondary N) is 1. The van der Waals surface area contributed by atoms with Gasteiger partial charge in [-0.2, -0.15) is 0 Å². The number of likely N-dealkylation sites (tertiary alicyclic amines) is 1. The molecule has 1 N–H and O–H groups in total. The lowest BCUT2D eigenvalue weighted by Crippen LogP contribution is -2.35. The number of carbonyl (C=O) groups excluding carboxylic acids is 2. The summed E-state index contributed by atoms with van der Waals surface area (Å²) >= 11 is 1.23. The van der Waals surface area contributed by atoms with Crippen molar-refractivity contribution in [1.82, 2.24) is 19.7 Å². The van der Waals surface area contributed by atoms with Crippen LogP contribution in [0.1, 0.15) is 34.4 Å². The van der Waals surface area contributed by atoms with E-state index in [2.05, 4.69) is 15.5 Å². The number of amides is 2. The highest BCUT2D eigenvalue weighted by atomic mass is 32.1. The summed E-state index contributed by atoms with van der Waals surface area (Å²) in [5.74, 6) is 0.254. The number of hydrogen-bond donors (Lipinski definition) is 1. The van der Waals surface area contributed by atoms with Crippen molar-refractivity contribution in [3.05, 3.63) is 58.8 Å². The lowest BCUT2D eigenvalue weighted by Gasteiger charge is -2.24. The number of anilines is 1. The van der Waals surface area contributed by atoms with Crippen LogP contribution >= 0.6 is 11.3 Å². The molecule has 8 nitrogen and oxygen atoms in total. The van der Waals surface area contributed by atoms with Gasteiger partial charge in [-0.1, -0.05) is 18.2 Å². The van der Waals surface area contributed by atoms with Gasteiger partial charge in [0.25, 0.3) is 0 Å². The Balaban J connectivity index is 1.57. The van der Waals surface area contributed by atoms with Gasteiger partial charge >= 0.3 is 12.0 Å². The maximum atomic E-state index is 12.9. The number of carbonyl (C=O) groups is 2. The first-order valence-corrected chi connectivity index (χ1v) is 9.75. The van der Waals surface area contributed by atoms with E-state index in [1.165, 1.54) is 18.4 Å². The molecule has 9 heteroatoms. The summed E-state index contributed by atoms with van der Waals surface area (Å²) in [6.07, 6.45) is 3.33. The molecular formula is C19H19N5O3S. The molecule has 2 aromatic heterocycles. The Hall–Kier alpha value is -3.20. The number of benzene rings is 1. The van der Waals surface area contributed by atoms with Gasteiger partial charge < -0.3 is 15.0 Å². The van der Waals surface area contributed by atoms with Gasteiger partial charge in [-0.05, 0) is 36.4 Å². The second-order valence-electron chi connectivity index (χ2n) is 6.33. The molecule has 0 spiro atoms. The SMILES string of the molecule is COC(=O)c1sccc1NC(=O)N1CCCC1c1nncn1-c1ccccc1. The molecule has 3 aromatic rings. The monoisotopic (exact) mass is 397 g/mol. The minimum absolute atomic E-state index is 0.192. The third-order valence-corrected chi connectivity index (χ3v) is 5.59. The molecule has 1 fully saturated rings. The zero-order chi connectivity index (χ0) is 19.5. The van der Waals surface area contributed by atoms with Crippen LogP contribution in [-0.4, -0.2) is 45.3 Å². The van der Waals surface area contributed by atoms with Crippen LogP contribution in [0.3, 0.4) is 0 Å². The normalized spacial score (nSPS) is 16.2. The zero-order valence-corrected chi connectivity index (χ0v) is 16.1. The predicted molar refractivity (Wildman–Crippen MR) is 105 cm³/mol. The first kappa shape index (κ1) is 18.2. The van der Waals surface area contributed by atoms with E-state index in [1.54, 1.807) is 22.7 Å². The number of ether oxygens (including phenoxy) is 1. The van der Waals surface area contributed by atoms with Crippen molar-refractivity contribution in [3.63, 3.8) is 0 Å². The molecule has 0 radical (unpaired) electrons. The molecule has 0 aliphatic carbocycles. The van der Waals surface area contributed by atoms with Crippen molar-refractivity contribution >= 4 is 29.0 Å². The number of nitrogens with zero attached hydrogens (tertiary/aromatic N) is 4. The summed E-state index contributed by atoms with van der Waals surface area (Å²) in [6, 6.07) is 11.0. The van der Waals surface area contributed by atoms with E-state index in [9.17, 15) is 9.59 Å². The lowest BCUT2D eigenvalue weighted by molar-refractivity contribution is 0.0607. The van der Waals surface area contributed by atoms with Gasteiger partial charge in [-0.15, -0.1) is 21.5 Å². The summed E-state index contributed by atoms with van der Waals surface area (Å²) in [5.41, 5.74) is 1.40. The fourth-order valence-electron chi connectivity index (χ4n) is 3.38. The number of thiophene rings is 1. The number of methoxy groups -OCH3 is 1. The average molecular weight is 397 g/mol. The largest absolute Gasteiger partial charge is 0.465 e. The van der Waals surface area contributed by atoms with E-state index in [-0.39, 0.29) is 12.1 Å². The van der Waals surface area contributed by atoms with Crippen molar-refractivity contribution in [3.8, 4) is 5.69 Å². The van der Waals surface area contributed by atoms with Crippen molar-refractivity contribution in [2.75, 3.05) is 19.0 Å². The number of rotatable bonds is 4. The Kier molecular flexibility index (Phi) is 5.07. The summed E-state index contributed by atoms with van der Waals surface area (Å²) in [6.45, 7) is 0.607. The zero-order valence-electron chi connectivity index (χ0n) is 15.2. The number of aromatic nitrogens is 3. The summed E-state index contributed by atoms with van der Waals surface area (Å²) < 4.78 is 6.68. The van der Waals surface area contributed by atoms with Crippen LogP contribution in [0.15, 0.2) is 48.1 Å². The van der Waals surface area contributed by atoms with E-state index < -0.39 is 5.97 Å². The molecule has 3 heterocycles. The Bertz CT molecular complexity index is 984. The van der Waals surface area contributed by atoms with Gasteiger partial charge in [-0.3, -0.25) is 4.57 Å². The third kappa shape index (κ3) is 3.36. The quantitative estimate of drug-likeness (QED) is 0.681. The van der Waals surface area contributed by atoms with Crippen LogP contribution in [0.5, 0.6) is 0 Å². The van der Waals surface area contributed by atoms with Crippen molar-refractivity contribution in [1.29, 1.82) is 0 Å². The second kappa shape index (κ2) is 7.81. The third-order valence-electron chi connectivity index (χ3n) is 4.70. The summed E-state index contributed by atoms with van der Waals surface area (Å²) in [4.78, 5) is 26.9. The van der Waals surface area contributed by atoms with Crippen LogP contribution in [0.25, 0.3) is 5.69 Å². The number of hydrogen-bond acceptors (Lipinski definition) is 6. The molecule has 1 aliphatic heterocycles. The van der Waals surface area contributed by atoms with Gasteiger partial charge in [0.2, 0.25) is 0 Å².